The minimum Gasteiger partial charge on any atom is -0.462 e. The van der Waals surface area contributed by atoms with Crippen LogP contribution in [0.4, 0.5) is 0 Å². The van der Waals surface area contributed by atoms with Crippen molar-refractivity contribution >= 4 is 34.9 Å². The minimum absolute atomic E-state index is 0.105. The summed E-state index contributed by atoms with van der Waals surface area (Å²) in [7, 11) is 0. The van der Waals surface area contributed by atoms with E-state index in [4.69, 9.17) is 18.9 Å². The summed E-state index contributed by atoms with van der Waals surface area (Å²) in [5.41, 5.74) is 2.34. The number of hydrogen-bond donors (Lipinski definition) is 0. The van der Waals surface area contributed by atoms with Gasteiger partial charge in [0.25, 0.3) is 0 Å². The lowest BCUT2D eigenvalue weighted by atomic mass is 10.2. The second-order valence-electron chi connectivity index (χ2n) is 8.03. The van der Waals surface area contributed by atoms with E-state index in [-0.39, 0.29) is 48.9 Å². The highest BCUT2D eigenvalue weighted by Crippen LogP contribution is 2.31. The van der Waals surface area contributed by atoms with Gasteiger partial charge in [-0.1, -0.05) is 12.1 Å². The van der Waals surface area contributed by atoms with Crippen molar-refractivity contribution in [2.24, 2.45) is 0 Å². The Labute approximate surface area is 218 Å². The predicted octanol–water partition coefficient (Wildman–Crippen LogP) is 4.57. The summed E-state index contributed by atoms with van der Waals surface area (Å²) in [4.78, 5) is 51.5. The quantitative estimate of drug-likeness (QED) is 0.233. The van der Waals surface area contributed by atoms with Crippen molar-refractivity contribution in [1.29, 1.82) is 0 Å². The molecule has 0 aromatic carbocycles. The van der Waals surface area contributed by atoms with Crippen LogP contribution in [0.1, 0.15) is 69.4 Å². The molecule has 10 heteroatoms. The standard InChI is InChI=1S/C28H28N2O8/c1-5-35-25(31)17-15-23(27(33)37-7-3)29-19(17)11-9-13-21(29)22-14-10-12-20-18(26(32)36-6-2)16-24(30(20)22)28(34)38-8-4/h9-16H,5-8H2,1-4H3. The SMILES string of the molecule is CCOC(=O)c1cc(C(=O)OCC)n2c(-c3cccc4c(C(=O)OCC)cc(C(=O)OCC)n34)cccc12. The lowest BCUT2D eigenvalue weighted by Gasteiger charge is -2.14. The molecule has 0 unspecified atom stereocenters. The summed E-state index contributed by atoms with van der Waals surface area (Å²) in [6.45, 7) is 7.34. The van der Waals surface area contributed by atoms with E-state index in [1.165, 1.54) is 12.1 Å². The number of esters is 4. The van der Waals surface area contributed by atoms with E-state index < -0.39 is 23.9 Å². The Kier molecular flexibility index (Phi) is 7.80. The number of ether oxygens (including phenoxy) is 4. The number of carbonyl (C=O) groups is 4. The van der Waals surface area contributed by atoms with Gasteiger partial charge in [0.1, 0.15) is 11.4 Å². The van der Waals surface area contributed by atoms with Gasteiger partial charge in [0.15, 0.2) is 0 Å². The summed E-state index contributed by atoms with van der Waals surface area (Å²) in [5.74, 6) is -2.45. The van der Waals surface area contributed by atoms with Gasteiger partial charge in [-0.25, -0.2) is 19.2 Å². The maximum atomic E-state index is 13.0. The van der Waals surface area contributed by atoms with Crippen LogP contribution in [0.25, 0.3) is 22.4 Å². The molecule has 0 saturated heterocycles. The van der Waals surface area contributed by atoms with E-state index in [9.17, 15) is 19.2 Å². The molecule has 0 radical (unpaired) electrons. The van der Waals surface area contributed by atoms with E-state index in [1.54, 1.807) is 72.9 Å². The van der Waals surface area contributed by atoms with Crippen LogP contribution in [0, 0.1) is 0 Å². The Bertz CT molecular complexity index is 1430. The topological polar surface area (TPSA) is 114 Å². The van der Waals surface area contributed by atoms with Crippen LogP contribution in [0.2, 0.25) is 0 Å². The Hall–Kier alpha value is -4.60. The van der Waals surface area contributed by atoms with Gasteiger partial charge in [0.2, 0.25) is 0 Å². The van der Waals surface area contributed by atoms with Gasteiger partial charge >= 0.3 is 23.9 Å². The van der Waals surface area contributed by atoms with Crippen LogP contribution in [0.15, 0.2) is 48.5 Å². The van der Waals surface area contributed by atoms with Gasteiger partial charge in [0.05, 0.1) is 60.0 Å². The van der Waals surface area contributed by atoms with Crippen molar-refractivity contribution in [3.8, 4) is 11.4 Å². The van der Waals surface area contributed by atoms with Crippen LogP contribution in [-0.4, -0.2) is 59.1 Å². The summed E-state index contributed by atoms with van der Waals surface area (Å²) in [6.07, 6.45) is 0. The third kappa shape index (κ3) is 4.60. The molecular weight excluding hydrogens is 492 g/mol. The minimum atomic E-state index is -0.636. The van der Waals surface area contributed by atoms with Gasteiger partial charge in [-0.05, 0) is 64.1 Å². The van der Waals surface area contributed by atoms with E-state index in [2.05, 4.69) is 0 Å². The van der Waals surface area contributed by atoms with Crippen molar-refractivity contribution < 1.29 is 38.1 Å². The van der Waals surface area contributed by atoms with Crippen molar-refractivity contribution in [3.05, 3.63) is 71.0 Å². The van der Waals surface area contributed by atoms with Gasteiger partial charge in [-0.15, -0.1) is 0 Å². The van der Waals surface area contributed by atoms with Crippen LogP contribution in [0.3, 0.4) is 0 Å². The molecule has 38 heavy (non-hydrogen) atoms. The van der Waals surface area contributed by atoms with Crippen molar-refractivity contribution in [2.75, 3.05) is 26.4 Å². The van der Waals surface area contributed by atoms with Crippen LogP contribution < -0.4 is 0 Å². The van der Waals surface area contributed by atoms with E-state index in [1.807, 2.05) is 0 Å². The Balaban J connectivity index is 2.09. The monoisotopic (exact) mass is 520 g/mol. The fourth-order valence-electron chi connectivity index (χ4n) is 4.36. The molecule has 4 heterocycles. The molecule has 0 spiro atoms. The number of pyridine rings is 2. The first-order valence-corrected chi connectivity index (χ1v) is 12.4. The molecule has 10 nitrogen and oxygen atoms in total. The zero-order valence-electron chi connectivity index (χ0n) is 21.6. The van der Waals surface area contributed by atoms with Gasteiger partial charge in [-0.3, -0.25) is 0 Å². The molecular formula is C28H28N2O8. The molecule has 0 saturated carbocycles. The lowest BCUT2D eigenvalue weighted by molar-refractivity contribution is 0.0505. The third-order valence-corrected chi connectivity index (χ3v) is 5.80. The Morgan fingerprint density at radius 2 is 0.895 bits per heavy atom. The molecule has 0 aliphatic heterocycles. The van der Waals surface area contributed by atoms with E-state index in [0.29, 0.717) is 22.4 Å². The fraction of sp³-hybridized carbons (Fsp3) is 0.286. The van der Waals surface area contributed by atoms with Crippen LogP contribution in [-0.2, 0) is 18.9 Å². The van der Waals surface area contributed by atoms with Crippen LogP contribution >= 0.6 is 0 Å². The molecule has 0 amide bonds. The second-order valence-corrected chi connectivity index (χ2v) is 8.03. The van der Waals surface area contributed by atoms with Gasteiger partial charge in [0, 0.05) is 0 Å². The zero-order chi connectivity index (χ0) is 27.4. The fourth-order valence-corrected chi connectivity index (χ4v) is 4.36. The molecule has 0 fully saturated rings. The first kappa shape index (κ1) is 26.5. The van der Waals surface area contributed by atoms with Gasteiger partial charge in [-0.2, -0.15) is 0 Å². The number of rotatable bonds is 9. The molecule has 0 N–H and O–H groups in total. The lowest BCUT2D eigenvalue weighted by Crippen LogP contribution is -2.12. The zero-order valence-corrected chi connectivity index (χ0v) is 21.6. The summed E-state index contributed by atoms with van der Waals surface area (Å²) in [6, 6.07) is 13.1. The highest BCUT2D eigenvalue weighted by Gasteiger charge is 2.27. The summed E-state index contributed by atoms with van der Waals surface area (Å²) < 4.78 is 24.1. The maximum absolute atomic E-state index is 13.0. The molecule has 4 rings (SSSR count). The van der Waals surface area contributed by atoms with E-state index >= 15 is 0 Å². The highest BCUT2D eigenvalue weighted by atomic mass is 16.5. The van der Waals surface area contributed by atoms with Crippen molar-refractivity contribution in [2.45, 2.75) is 27.7 Å². The molecule has 4 aromatic heterocycles. The molecule has 0 atom stereocenters. The second kappa shape index (κ2) is 11.2. The average Bonchev–Trinajstić information content (AvgIpc) is 3.49. The number of carbonyl (C=O) groups excluding carboxylic acids is 4. The van der Waals surface area contributed by atoms with Gasteiger partial charge < -0.3 is 27.7 Å². The Morgan fingerprint density at radius 3 is 1.24 bits per heavy atom. The molecule has 0 aliphatic rings. The Morgan fingerprint density at radius 1 is 0.553 bits per heavy atom. The average molecular weight is 521 g/mol. The molecule has 0 aliphatic carbocycles. The first-order valence-electron chi connectivity index (χ1n) is 12.4. The number of fused-ring (bicyclic) bond motifs is 2. The molecule has 4 aromatic rings. The van der Waals surface area contributed by atoms with E-state index in [0.717, 1.165) is 0 Å². The predicted molar refractivity (Wildman–Crippen MR) is 138 cm³/mol. The maximum Gasteiger partial charge on any atom is 0.355 e. The number of hydrogen-bond acceptors (Lipinski definition) is 8. The first-order chi connectivity index (χ1) is 18.4. The number of aromatic nitrogens is 2. The smallest absolute Gasteiger partial charge is 0.355 e. The van der Waals surface area contributed by atoms with Crippen molar-refractivity contribution in [1.82, 2.24) is 8.80 Å². The third-order valence-electron chi connectivity index (χ3n) is 5.80. The van der Waals surface area contributed by atoms with Crippen LogP contribution in [0.5, 0.6) is 0 Å². The summed E-state index contributed by atoms with van der Waals surface area (Å²) in [5, 5.41) is 0. The molecule has 198 valence electrons. The number of nitrogens with zero attached hydrogens (tertiary/aromatic N) is 2. The summed E-state index contributed by atoms with van der Waals surface area (Å²) >= 11 is 0. The van der Waals surface area contributed by atoms with Crippen molar-refractivity contribution in [3.63, 3.8) is 0 Å². The normalized spacial score (nSPS) is 10.9. The largest absolute Gasteiger partial charge is 0.462 e. The highest BCUT2D eigenvalue weighted by molar-refractivity contribution is 6.04. The molecule has 0 bridgehead atoms.